The first-order valence-corrected chi connectivity index (χ1v) is 10.5. The van der Waals surface area contributed by atoms with Crippen LogP contribution in [0.2, 0.25) is 0 Å². The van der Waals surface area contributed by atoms with Gasteiger partial charge in [0, 0.05) is 22.3 Å². The molecule has 3 rings (SSSR count). The highest BCUT2D eigenvalue weighted by Crippen LogP contribution is 2.26. The molecule has 5 nitrogen and oxygen atoms in total. The number of nitrogens with zero attached hydrogens (tertiary/aromatic N) is 1. The fraction of sp³-hybridized carbons (Fsp3) is 0.190. The molecule has 0 fully saturated rings. The lowest BCUT2D eigenvalue weighted by Gasteiger charge is -2.13. The van der Waals surface area contributed by atoms with Crippen LogP contribution in [-0.4, -0.2) is 16.8 Å². The van der Waals surface area contributed by atoms with Gasteiger partial charge in [0.05, 0.1) is 18.2 Å². The lowest BCUT2D eigenvalue weighted by atomic mass is 10.1. The molecule has 3 aromatic rings. The van der Waals surface area contributed by atoms with Crippen LogP contribution in [0.3, 0.4) is 0 Å². The predicted molar refractivity (Wildman–Crippen MR) is 116 cm³/mol. The number of hydrogen-bond acceptors (Lipinski definition) is 4. The number of aromatic nitrogens is 1. The second-order valence-corrected chi connectivity index (χ2v) is 8.21. The second kappa shape index (κ2) is 9.12. The summed E-state index contributed by atoms with van der Waals surface area (Å²) < 4.78 is 0.985. The predicted octanol–water partition coefficient (Wildman–Crippen LogP) is 4.95. The molecule has 0 aliphatic heterocycles. The van der Waals surface area contributed by atoms with Crippen molar-refractivity contribution in [2.75, 3.05) is 5.32 Å². The van der Waals surface area contributed by atoms with Crippen molar-refractivity contribution in [2.24, 2.45) is 0 Å². The van der Waals surface area contributed by atoms with E-state index in [1.807, 2.05) is 60.8 Å². The molecule has 1 atom stereocenters. The second-order valence-electron chi connectivity index (χ2n) is 6.43. The van der Waals surface area contributed by atoms with Gasteiger partial charge in [0.15, 0.2) is 5.13 Å². The highest BCUT2D eigenvalue weighted by Gasteiger charge is 2.10. The van der Waals surface area contributed by atoms with Gasteiger partial charge in [-0.05, 0) is 30.2 Å². The Balaban J connectivity index is 1.62. The zero-order chi connectivity index (χ0) is 20.1. The van der Waals surface area contributed by atoms with Crippen LogP contribution < -0.4 is 10.6 Å². The van der Waals surface area contributed by atoms with E-state index in [4.69, 9.17) is 0 Å². The third-order valence-corrected chi connectivity index (χ3v) is 5.44. The zero-order valence-corrected chi connectivity index (χ0v) is 17.9. The van der Waals surface area contributed by atoms with Crippen molar-refractivity contribution in [3.05, 3.63) is 69.5 Å². The molecule has 144 valence electrons. The van der Waals surface area contributed by atoms with Crippen LogP contribution in [0.4, 0.5) is 5.13 Å². The molecule has 0 saturated heterocycles. The number of rotatable bonds is 6. The SMILES string of the molecule is CC(=O)NC(C)c1ccc(-c2csc(NC(=O)Cc3ccc(Br)cc3)n2)cc1. The van der Waals surface area contributed by atoms with Gasteiger partial charge in [-0.2, -0.15) is 0 Å². The van der Waals surface area contributed by atoms with Crippen molar-refractivity contribution >= 4 is 44.2 Å². The quantitative estimate of drug-likeness (QED) is 0.549. The molecule has 2 N–H and O–H groups in total. The number of nitrogens with one attached hydrogen (secondary N) is 2. The summed E-state index contributed by atoms with van der Waals surface area (Å²) in [5.74, 6) is -0.151. The van der Waals surface area contributed by atoms with Crippen LogP contribution in [0.15, 0.2) is 58.4 Å². The molecule has 0 aliphatic carbocycles. The molecule has 7 heteroatoms. The van der Waals surface area contributed by atoms with Crippen molar-refractivity contribution in [3.63, 3.8) is 0 Å². The van der Waals surface area contributed by atoms with E-state index < -0.39 is 0 Å². The van der Waals surface area contributed by atoms with Crippen LogP contribution in [-0.2, 0) is 16.0 Å². The molecule has 0 bridgehead atoms. The normalized spacial score (nSPS) is 11.7. The summed E-state index contributed by atoms with van der Waals surface area (Å²) in [6, 6.07) is 15.5. The first kappa shape index (κ1) is 20.2. The highest BCUT2D eigenvalue weighted by atomic mass is 79.9. The van der Waals surface area contributed by atoms with Gasteiger partial charge in [-0.15, -0.1) is 11.3 Å². The van der Waals surface area contributed by atoms with Crippen LogP contribution in [0.1, 0.15) is 31.0 Å². The third-order valence-electron chi connectivity index (χ3n) is 4.15. The molecule has 0 radical (unpaired) electrons. The van der Waals surface area contributed by atoms with E-state index >= 15 is 0 Å². The highest BCUT2D eigenvalue weighted by molar-refractivity contribution is 9.10. The van der Waals surface area contributed by atoms with Crippen molar-refractivity contribution in [3.8, 4) is 11.3 Å². The summed E-state index contributed by atoms with van der Waals surface area (Å²) in [6.45, 7) is 3.45. The average molecular weight is 458 g/mol. The summed E-state index contributed by atoms with van der Waals surface area (Å²) in [5.41, 5.74) is 3.74. The Morgan fingerprint density at radius 1 is 1.11 bits per heavy atom. The summed E-state index contributed by atoms with van der Waals surface area (Å²) in [4.78, 5) is 27.9. The monoisotopic (exact) mass is 457 g/mol. The van der Waals surface area contributed by atoms with Gasteiger partial charge < -0.3 is 10.6 Å². The molecule has 0 spiro atoms. The lowest BCUT2D eigenvalue weighted by molar-refractivity contribution is -0.119. The molecule has 2 amide bonds. The van der Waals surface area contributed by atoms with Crippen LogP contribution >= 0.6 is 27.3 Å². The number of halogens is 1. The maximum absolute atomic E-state index is 12.2. The van der Waals surface area contributed by atoms with E-state index in [0.29, 0.717) is 11.6 Å². The topological polar surface area (TPSA) is 71.1 Å². The number of hydrogen-bond donors (Lipinski definition) is 2. The van der Waals surface area contributed by atoms with E-state index in [9.17, 15) is 9.59 Å². The molecule has 2 aromatic carbocycles. The van der Waals surface area contributed by atoms with E-state index in [1.54, 1.807) is 0 Å². The summed E-state index contributed by atoms with van der Waals surface area (Å²) in [5, 5.41) is 8.21. The van der Waals surface area contributed by atoms with E-state index in [2.05, 4.69) is 31.5 Å². The number of anilines is 1. The number of carbonyl (C=O) groups is 2. The molecule has 1 aromatic heterocycles. The van der Waals surface area contributed by atoms with Gasteiger partial charge >= 0.3 is 0 Å². The standard InChI is InChI=1S/C21H20BrN3O2S/c1-13(23-14(2)26)16-5-7-17(8-6-16)19-12-28-21(24-19)25-20(27)11-15-3-9-18(22)10-4-15/h3-10,12-13H,11H2,1-2H3,(H,23,26)(H,24,25,27). The van der Waals surface area contributed by atoms with Crippen LogP contribution in [0.25, 0.3) is 11.3 Å². The number of benzene rings is 2. The maximum Gasteiger partial charge on any atom is 0.230 e. The number of carbonyl (C=O) groups excluding carboxylic acids is 2. The van der Waals surface area contributed by atoms with Gasteiger partial charge in [-0.25, -0.2) is 4.98 Å². The first-order chi connectivity index (χ1) is 13.4. The van der Waals surface area contributed by atoms with Crippen molar-refractivity contribution in [2.45, 2.75) is 26.3 Å². The molecule has 0 saturated carbocycles. The molecule has 1 heterocycles. The summed E-state index contributed by atoms with van der Waals surface area (Å²) in [7, 11) is 0. The van der Waals surface area contributed by atoms with Gasteiger partial charge in [0.1, 0.15) is 0 Å². The fourth-order valence-electron chi connectivity index (χ4n) is 2.75. The van der Waals surface area contributed by atoms with E-state index in [0.717, 1.165) is 26.9 Å². The number of amides is 2. The van der Waals surface area contributed by atoms with Gasteiger partial charge in [-0.1, -0.05) is 52.3 Å². The Bertz CT molecular complexity index is 968. The van der Waals surface area contributed by atoms with Crippen molar-refractivity contribution in [1.82, 2.24) is 10.3 Å². The molecular weight excluding hydrogens is 438 g/mol. The average Bonchev–Trinajstić information content (AvgIpc) is 3.11. The third kappa shape index (κ3) is 5.50. The van der Waals surface area contributed by atoms with E-state index in [-0.39, 0.29) is 17.9 Å². The fourth-order valence-corrected chi connectivity index (χ4v) is 3.75. The molecular formula is C21H20BrN3O2S. The number of thiazole rings is 1. The van der Waals surface area contributed by atoms with Crippen LogP contribution in [0.5, 0.6) is 0 Å². The first-order valence-electron chi connectivity index (χ1n) is 8.78. The molecule has 28 heavy (non-hydrogen) atoms. The summed E-state index contributed by atoms with van der Waals surface area (Å²) in [6.07, 6.45) is 0.303. The Morgan fingerprint density at radius 2 is 1.79 bits per heavy atom. The summed E-state index contributed by atoms with van der Waals surface area (Å²) >= 11 is 4.78. The minimum absolute atomic E-state index is 0.0459. The van der Waals surface area contributed by atoms with Crippen molar-refractivity contribution < 1.29 is 9.59 Å². The zero-order valence-electron chi connectivity index (χ0n) is 15.5. The van der Waals surface area contributed by atoms with E-state index in [1.165, 1.54) is 18.3 Å². The Labute approximate surface area is 176 Å². The smallest absolute Gasteiger partial charge is 0.230 e. The van der Waals surface area contributed by atoms with Crippen LogP contribution in [0, 0.1) is 0 Å². The van der Waals surface area contributed by atoms with Gasteiger partial charge in [0.25, 0.3) is 0 Å². The van der Waals surface area contributed by atoms with Gasteiger partial charge in [0.2, 0.25) is 11.8 Å². The van der Waals surface area contributed by atoms with Crippen molar-refractivity contribution in [1.29, 1.82) is 0 Å². The lowest BCUT2D eigenvalue weighted by Crippen LogP contribution is -2.23. The largest absolute Gasteiger partial charge is 0.350 e. The minimum atomic E-state index is -0.0947. The van der Waals surface area contributed by atoms with Gasteiger partial charge in [-0.3, -0.25) is 9.59 Å². The minimum Gasteiger partial charge on any atom is -0.350 e. The maximum atomic E-state index is 12.2. The Kier molecular flexibility index (Phi) is 6.59. The Morgan fingerprint density at radius 3 is 2.43 bits per heavy atom. The molecule has 1 unspecified atom stereocenters. The molecule has 0 aliphatic rings. The Hall–Kier alpha value is -2.51.